The van der Waals surface area contributed by atoms with Crippen molar-refractivity contribution in [1.82, 2.24) is 14.8 Å². The van der Waals surface area contributed by atoms with Crippen LogP contribution >= 0.6 is 23.4 Å². The number of thioether (sulfide) groups is 1. The molecule has 2 aromatic rings. The summed E-state index contributed by atoms with van der Waals surface area (Å²) in [5.74, 6) is -0.311. The van der Waals surface area contributed by atoms with Gasteiger partial charge in [-0.15, -0.1) is 10.2 Å². The Bertz CT molecular complexity index is 627. The highest BCUT2D eigenvalue weighted by atomic mass is 35.5. The van der Waals surface area contributed by atoms with Crippen molar-refractivity contribution in [1.29, 1.82) is 0 Å². The topological polar surface area (TPSA) is 68.0 Å². The van der Waals surface area contributed by atoms with Crippen LogP contribution in [0.1, 0.15) is 5.56 Å². The van der Waals surface area contributed by atoms with Gasteiger partial charge in [-0.05, 0) is 24.6 Å². The van der Waals surface area contributed by atoms with Crippen LogP contribution < -0.4 is 0 Å². The Morgan fingerprint density at radius 1 is 1.47 bits per heavy atom. The van der Waals surface area contributed by atoms with Gasteiger partial charge in [0, 0.05) is 12.6 Å². The molecule has 100 valence electrons. The van der Waals surface area contributed by atoms with Crippen LogP contribution in [0.5, 0.6) is 0 Å². The molecule has 0 spiro atoms. The molecule has 1 N–H and O–H groups in total. The van der Waals surface area contributed by atoms with Crippen molar-refractivity contribution in [2.75, 3.05) is 5.75 Å². The number of hydrogen-bond acceptors (Lipinski definition) is 4. The molecule has 0 unspecified atom stereocenters. The maximum absolute atomic E-state index is 10.6. The third-order valence-electron chi connectivity index (χ3n) is 2.53. The number of rotatable bonds is 4. The number of aromatic nitrogens is 3. The van der Waals surface area contributed by atoms with Gasteiger partial charge in [-0.2, -0.15) is 0 Å². The Labute approximate surface area is 119 Å². The van der Waals surface area contributed by atoms with Gasteiger partial charge < -0.3 is 9.67 Å². The van der Waals surface area contributed by atoms with E-state index in [-0.39, 0.29) is 5.75 Å². The molecular weight excluding hydrogens is 286 g/mol. The smallest absolute Gasteiger partial charge is 0.313 e. The Hall–Kier alpha value is -1.53. The summed E-state index contributed by atoms with van der Waals surface area (Å²) in [4.78, 5) is 10.6. The van der Waals surface area contributed by atoms with Gasteiger partial charge >= 0.3 is 5.97 Å². The first-order chi connectivity index (χ1) is 8.99. The molecule has 0 aliphatic rings. The summed E-state index contributed by atoms with van der Waals surface area (Å²) in [5.41, 5.74) is 1.85. The van der Waals surface area contributed by atoms with Gasteiger partial charge in [-0.3, -0.25) is 4.79 Å². The van der Waals surface area contributed by atoms with Crippen molar-refractivity contribution >= 4 is 29.3 Å². The number of halogens is 1. The van der Waals surface area contributed by atoms with Crippen LogP contribution in [0.15, 0.2) is 23.4 Å². The first-order valence-electron chi connectivity index (χ1n) is 5.49. The van der Waals surface area contributed by atoms with E-state index in [4.69, 9.17) is 16.7 Å². The lowest BCUT2D eigenvalue weighted by molar-refractivity contribution is -0.133. The van der Waals surface area contributed by atoms with E-state index in [1.54, 1.807) is 11.6 Å². The van der Waals surface area contributed by atoms with Crippen LogP contribution in [0, 0.1) is 6.92 Å². The molecule has 1 aromatic carbocycles. The van der Waals surface area contributed by atoms with Crippen LogP contribution in [-0.2, 0) is 11.8 Å². The van der Waals surface area contributed by atoms with Crippen molar-refractivity contribution in [2.24, 2.45) is 7.05 Å². The first kappa shape index (κ1) is 13.9. The van der Waals surface area contributed by atoms with E-state index in [0.717, 1.165) is 22.9 Å². The van der Waals surface area contributed by atoms with E-state index in [2.05, 4.69) is 10.2 Å². The van der Waals surface area contributed by atoms with Gasteiger partial charge in [0.05, 0.1) is 10.8 Å². The van der Waals surface area contributed by atoms with Crippen LogP contribution in [0.4, 0.5) is 0 Å². The first-order valence-corrected chi connectivity index (χ1v) is 6.86. The molecule has 0 fully saturated rings. The van der Waals surface area contributed by atoms with Crippen molar-refractivity contribution in [3.8, 4) is 11.4 Å². The van der Waals surface area contributed by atoms with E-state index in [1.807, 2.05) is 25.1 Å². The number of carbonyl (C=O) groups is 1. The van der Waals surface area contributed by atoms with Gasteiger partial charge in [-0.1, -0.05) is 29.4 Å². The van der Waals surface area contributed by atoms with Crippen molar-refractivity contribution in [2.45, 2.75) is 12.1 Å². The quantitative estimate of drug-likeness (QED) is 0.879. The molecule has 0 aliphatic carbocycles. The molecular formula is C12H12ClN3O2S. The second-order valence-corrected chi connectivity index (χ2v) is 5.38. The fourth-order valence-electron chi connectivity index (χ4n) is 1.60. The number of aryl methyl sites for hydroxylation is 1. The summed E-state index contributed by atoms with van der Waals surface area (Å²) >= 11 is 7.32. The van der Waals surface area contributed by atoms with E-state index < -0.39 is 5.97 Å². The van der Waals surface area contributed by atoms with E-state index >= 15 is 0 Å². The molecule has 0 saturated carbocycles. The number of aliphatic carboxylic acids is 1. The van der Waals surface area contributed by atoms with Gasteiger partial charge in [0.2, 0.25) is 0 Å². The van der Waals surface area contributed by atoms with Gasteiger partial charge in [0.1, 0.15) is 0 Å². The lowest BCUT2D eigenvalue weighted by Crippen LogP contribution is -2.01. The molecule has 2 rings (SSSR count). The second-order valence-electron chi connectivity index (χ2n) is 4.03. The number of nitrogens with zero attached hydrogens (tertiary/aromatic N) is 3. The Kier molecular flexibility index (Phi) is 4.11. The Balaban J connectivity index is 2.33. The van der Waals surface area contributed by atoms with E-state index in [9.17, 15) is 4.79 Å². The van der Waals surface area contributed by atoms with Crippen molar-refractivity contribution in [3.63, 3.8) is 0 Å². The largest absolute Gasteiger partial charge is 0.481 e. The summed E-state index contributed by atoms with van der Waals surface area (Å²) in [6.45, 7) is 1.96. The number of carboxylic acids is 1. The van der Waals surface area contributed by atoms with Gasteiger partial charge in [0.25, 0.3) is 0 Å². The average molecular weight is 298 g/mol. The maximum atomic E-state index is 10.6. The Morgan fingerprint density at radius 3 is 2.84 bits per heavy atom. The molecule has 0 atom stereocenters. The lowest BCUT2D eigenvalue weighted by Gasteiger charge is -2.05. The van der Waals surface area contributed by atoms with Crippen LogP contribution in [-0.4, -0.2) is 31.6 Å². The number of hydrogen-bond donors (Lipinski definition) is 1. The highest BCUT2D eigenvalue weighted by Crippen LogP contribution is 2.29. The minimum Gasteiger partial charge on any atom is -0.481 e. The number of benzene rings is 1. The zero-order valence-corrected chi connectivity index (χ0v) is 12.0. The van der Waals surface area contributed by atoms with Crippen LogP contribution in [0.3, 0.4) is 0 Å². The van der Waals surface area contributed by atoms with Crippen molar-refractivity contribution in [3.05, 3.63) is 28.8 Å². The third-order valence-corrected chi connectivity index (χ3v) is 3.84. The fraction of sp³-hybridized carbons (Fsp3) is 0.250. The highest BCUT2D eigenvalue weighted by molar-refractivity contribution is 7.99. The summed E-state index contributed by atoms with van der Waals surface area (Å²) in [6.07, 6.45) is 0. The molecule has 1 heterocycles. The van der Waals surface area contributed by atoms with Gasteiger partial charge in [-0.25, -0.2) is 0 Å². The molecule has 0 bridgehead atoms. The highest BCUT2D eigenvalue weighted by Gasteiger charge is 2.14. The SMILES string of the molecule is Cc1ccc(-c2nnc(SCC(=O)O)n2C)c(Cl)c1. The standard InChI is InChI=1S/C12H12ClN3O2S/c1-7-3-4-8(9(13)5-7)11-14-15-12(16(11)2)19-6-10(17)18/h3-5H,6H2,1-2H3,(H,17,18). The Morgan fingerprint density at radius 2 is 2.21 bits per heavy atom. The maximum Gasteiger partial charge on any atom is 0.313 e. The summed E-state index contributed by atoms with van der Waals surface area (Å²) in [6, 6.07) is 5.68. The predicted molar refractivity (Wildman–Crippen MR) is 74.5 cm³/mol. The normalized spacial score (nSPS) is 10.7. The lowest BCUT2D eigenvalue weighted by atomic mass is 10.1. The molecule has 0 amide bonds. The van der Waals surface area contributed by atoms with Crippen molar-refractivity contribution < 1.29 is 9.90 Å². The minimum absolute atomic E-state index is 0.0480. The zero-order chi connectivity index (χ0) is 14.0. The van der Waals surface area contributed by atoms with E-state index in [0.29, 0.717) is 16.0 Å². The summed E-state index contributed by atoms with van der Waals surface area (Å²) in [7, 11) is 1.79. The molecule has 1 aromatic heterocycles. The molecule has 0 aliphatic heterocycles. The molecule has 5 nitrogen and oxygen atoms in total. The third kappa shape index (κ3) is 3.08. The van der Waals surface area contributed by atoms with Crippen LogP contribution in [0.2, 0.25) is 5.02 Å². The average Bonchev–Trinajstić information content (AvgIpc) is 2.68. The number of carboxylic acid groups (broad SMARTS) is 1. The summed E-state index contributed by atoms with van der Waals surface area (Å²) < 4.78 is 1.74. The van der Waals surface area contributed by atoms with Crippen LogP contribution in [0.25, 0.3) is 11.4 Å². The minimum atomic E-state index is -0.886. The fourth-order valence-corrected chi connectivity index (χ4v) is 2.55. The molecule has 19 heavy (non-hydrogen) atoms. The summed E-state index contributed by atoms with van der Waals surface area (Å²) in [5, 5.41) is 17.9. The zero-order valence-electron chi connectivity index (χ0n) is 10.4. The molecule has 0 saturated heterocycles. The van der Waals surface area contributed by atoms with E-state index in [1.165, 1.54) is 0 Å². The molecule has 7 heteroatoms. The molecule has 0 radical (unpaired) electrons. The predicted octanol–water partition coefficient (Wildman–Crippen LogP) is 2.62. The second kappa shape index (κ2) is 5.63. The monoisotopic (exact) mass is 297 g/mol. The van der Waals surface area contributed by atoms with Gasteiger partial charge in [0.15, 0.2) is 11.0 Å².